The van der Waals surface area contributed by atoms with E-state index in [1.807, 2.05) is 42.5 Å². The third kappa shape index (κ3) is 1.86. The quantitative estimate of drug-likeness (QED) is 0.627. The van der Waals surface area contributed by atoms with Crippen molar-refractivity contribution >= 4 is 33.4 Å². The Morgan fingerprint density at radius 2 is 1.50 bits per heavy atom. The summed E-state index contributed by atoms with van der Waals surface area (Å²) in [7, 11) is 0. The molecule has 3 aromatic carbocycles. The molecule has 0 aliphatic carbocycles. The summed E-state index contributed by atoms with van der Waals surface area (Å²) >= 11 is 2.21. The van der Waals surface area contributed by atoms with Gasteiger partial charge in [0.25, 0.3) is 0 Å². The molecular formula is C16H11IO. The van der Waals surface area contributed by atoms with E-state index in [0.717, 1.165) is 20.1 Å². The Bertz CT molecular complexity index is 705. The Labute approximate surface area is 119 Å². The molecule has 88 valence electrons. The fourth-order valence-corrected chi connectivity index (χ4v) is 2.95. The molecule has 2 heteroatoms. The first-order valence-corrected chi connectivity index (χ1v) is 6.81. The molecule has 18 heavy (non-hydrogen) atoms. The molecule has 1 nitrogen and oxygen atoms in total. The van der Waals surface area contributed by atoms with Gasteiger partial charge in [0.15, 0.2) is 0 Å². The van der Waals surface area contributed by atoms with E-state index >= 15 is 0 Å². The largest absolute Gasteiger partial charge is 0.507 e. The van der Waals surface area contributed by atoms with Crippen LogP contribution in [0.5, 0.6) is 5.75 Å². The highest BCUT2D eigenvalue weighted by Gasteiger charge is 2.11. The lowest BCUT2D eigenvalue weighted by Gasteiger charge is -2.11. The predicted molar refractivity (Wildman–Crippen MR) is 83.8 cm³/mol. The molecule has 3 aromatic rings. The molecule has 0 fully saturated rings. The van der Waals surface area contributed by atoms with Crippen LogP contribution in [0.1, 0.15) is 0 Å². The number of hydrogen-bond donors (Lipinski definition) is 1. The Balaban J connectivity index is 2.43. The van der Waals surface area contributed by atoms with Gasteiger partial charge in [0.05, 0.1) is 3.57 Å². The van der Waals surface area contributed by atoms with E-state index in [4.69, 9.17) is 0 Å². The van der Waals surface area contributed by atoms with Gasteiger partial charge in [0.2, 0.25) is 0 Å². The summed E-state index contributed by atoms with van der Waals surface area (Å²) in [4.78, 5) is 0. The summed E-state index contributed by atoms with van der Waals surface area (Å²) in [5.74, 6) is 0.341. The molecule has 0 aromatic heterocycles. The highest BCUT2D eigenvalue weighted by molar-refractivity contribution is 14.1. The maximum atomic E-state index is 10.1. The molecule has 0 aliphatic rings. The molecule has 0 aliphatic heterocycles. The van der Waals surface area contributed by atoms with Gasteiger partial charge in [0.1, 0.15) is 5.75 Å². The van der Waals surface area contributed by atoms with Crippen LogP contribution in [0.3, 0.4) is 0 Å². The van der Waals surface area contributed by atoms with E-state index in [2.05, 4.69) is 40.8 Å². The van der Waals surface area contributed by atoms with Crippen LogP contribution >= 0.6 is 22.6 Å². The van der Waals surface area contributed by atoms with E-state index in [1.54, 1.807) is 0 Å². The van der Waals surface area contributed by atoms with Gasteiger partial charge in [0, 0.05) is 5.56 Å². The fraction of sp³-hybridized carbons (Fsp3) is 0. The number of aromatic hydroxyl groups is 1. The SMILES string of the molecule is Oc1cc2ccccc2c(-c2ccccc2)c1I. The van der Waals surface area contributed by atoms with Gasteiger partial charge in [-0.15, -0.1) is 0 Å². The van der Waals surface area contributed by atoms with E-state index in [-0.39, 0.29) is 0 Å². The summed E-state index contributed by atoms with van der Waals surface area (Å²) in [6.45, 7) is 0. The molecule has 0 saturated carbocycles. The average Bonchev–Trinajstić information content (AvgIpc) is 2.41. The second-order valence-corrected chi connectivity index (χ2v) is 5.25. The first kappa shape index (κ1) is 11.5. The van der Waals surface area contributed by atoms with Gasteiger partial charge in [-0.3, -0.25) is 0 Å². The Hall–Kier alpha value is -1.55. The average molecular weight is 346 g/mol. The highest BCUT2D eigenvalue weighted by Crippen LogP contribution is 2.38. The number of phenols is 1. The minimum atomic E-state index is 0.341. The van der Waals surface area contributed by atoms with Crippen LogP contribution in [0, 0.1) is 3.57 Å². The smallest absolute Gasteiger partial charge is 0.130 e. The minimum Gasteiger partial charge on any atom is -0.507 e. The van der Waals surface area contributed by atoms with Crippen LogP contribution < -0.4 is 0 Å². The van der Waals surface area contributed by atoms with Crippen molar-refractivity contribution in [2.75, 3.05) is 0 Å². The van der Waals surface area contributed by atoms with Crippen LogP contribution in [0.2, 0.25) is 0 Å². The second-order valence-electron chi connectivity index (χ2n) is 4.17. The third-order valence-corrected chi connectivity index (χ3v) is 4.12. The number of benzene rings is 3. The Morgan fingerprint density at radius 3 is 2.28 bits per heavy atom. The lowest BCUT2D eigenvalue weighted by molar-refractivity contribution is 0.472. The summed E-state index contributed by atoms with van der Waals surface area (Å²) in [6, 6.07) is 20.1. The summed E-state index contributed by atoms with van der Waals surface area (Å²) in [5, 5.41) is 12.3. The maximum absolute atomic E-state index is 10.1. The lowest BCUT2D eigenvalue weighted by atomic mass is 9.98. The van der Waals surface area contributed by atoms with Crippen LogP contribution in [0.15, 0.2) is 60.7 Å². The van der Waals surface area contributed by atoms with Crippen molar-refractivity contribution in [2.24, 2.45) is 0 Å². The number of fused-ring (bicyclic) bond motifs is 1. The molecule has 0 radical (unpaired) electrons. The first-order valence-electron chi connectivity index (χ1n) is 5.73. The fourth-order valence-electron chi connectivity index (χ4n) is 2.19. The lowest BCUT2D eigenvalue weighted by Crippen LogP contribution is -1.87. The van der Waals surface area contributed by atoms with Crippen molar-refractivity contribution in [1.29, 1.82) is 0 Å². The van der Waals surface area contributed by atoms with Gasteiger partial charge < -0.3 is 5.11 Å². The van der Waals surface area contributed by atoms with Gasteiger partial charge in [-0.05, 0) is 45.0 Å². The number of rotatable bonds is 1. The third-order valence-electron chi connectivity index (χ3n) is 3.03. The molecule has 3 rings (SSSR count). The van der Waals surface area contributed by atoms with Crippen molar-refractivity contribution < 1.29 is 5.11 Å². The molecule has 0 saturated heterocycles. The molecule has 0 bridgehead atoms. The zero-order valence-electron chi connectivity index (χ0n) is 9.60. The summed E-state index contributed by atoms with van der Waals surface area (Å²) < 4.78 is 0.900. The molecule has 0 amide bonds. The molecule has 1 N–H and O–H groups in total. The van der Waals surface area contributed by atoms with Crippen molar-refractivity contribution in [1.82, 2.24) is 0 Å². The minimum absolute atomic E-state index is 0.341. The molecule has 0 unspecified atom stereocenters. The topological polar surface area (TPSA) is 20.2 Å². The van der Waals surface area contributed by atoms with E-state index in [0.29, 0.717) is 5.75 Å². The van der Waals surface area contributed by atoms with Crippen molar-refractivity contribution in [3.63, 3.8) is 0 Å². The van der Waals surface area contributed by atoms with Crippen LogP contribution in [-0.4, -0.2) is 5.11 Å². The van der Waals surface area contributed by atoms with E-state index in [1.165, 1.54) is 5.39 Å². The number of halogens is 1. The summed E-state index contributed by atoms with van der Waals surface area (Å²) in [5.41, 5.74) is 2.24. The summed E-state index contributed by atoms with van der Waals surface area (Å²) in [6.07, 6.45) is 0. The van der Waals surface area contributed by atoms with Crippen molar-refractivity contribution in [2.45, 2.75) is 0 Å². The molecule has 0 spiro atoms. The first-order chi connectivity index (χ1) is 8.77. The molecule has 0 atom stereocenters. The highest BCUT2D eigenvalue weighted by atomic mass is 127. The monoisotopic (exact) mass is 346 g/mol. The zero-order valence-corrected chi connectivity index (χ0v) is 11.8. The Morgan fingerprint density at radius 1 is 0.833 bits per heavy atom. The zero-order chi connectivity index (χ0) is 12.5. The second kappa shape index (κ2) is 4.61. The standard InChI is InChI=1S/C16H11IO/c17-16-14(18)10-12-8-4-5-9-13(12)15(16)11-6-2-1-3-7-11/h1-10,18H. The number of hydrogen-bond acceptors (Lipinski definition) is 1. The van der Waals surface area contributed by atoms with Gasteiger partial charge in [-0.1, -0.05) is 54.6 Å². The maximum Gasteiger partial charge on any atom is 0.130 e. The Kier molecular flexibility index (Phi) is 2.96. The van der Waals surface area contributed by atoms with Crippen molar-refractivity contribution in [3.8, 4) is 16.9 Å². The van der Waals surface area contributed by atoms with Crippen LogP contribution in [0.4, 0.5) is 0 Å². The molecular weight excluding hydrogens is 335 g/mol. The predicted octanol–water partition coefficient (Wildman–Crippen LogP) is 4.82. The van der Waals surface area contributed by atoms with Gasteiger partial charge >= 0.3 is 0 Å². The number of phenolic OH excluding ortho intramolecular Hbond substituents is 1. The van der Waals surface area contributed by atoms with E-state index in [9.17, 15) is 5.11 Å². The van der Waals surface area contributed by atoms with E-state index < -0.39 is 0 Å². The van der Waals surface area contributed by atoms with Crippen LogP contribution in [-0.2, 0) is 0 Å². The normalized spacial score (nSPS) is 10.7. The van der Waals surface area contributed by atoms with Gasteiger partial charge in [-0.2, -0.15) is 0 Å². The molecule has 0 heterocycles. The van der Waals surface area contributed by atoms with Gasteiger partial charge in [-0.25, -0.2) is 0 Å². The van der Waals surface area contributed by atoms with Crippen molar-refractivity contribution in [3.05, 3.63) is 64.2 Å². The van der Waals surface area contributed by atoms with Crippen LogP contribution in [0.25, 0.3) is 21.9 Å².